The van der Waals surface area contributed by atoms with Crippen LogP contribution in [0.5, 0.6) is 0 Å². The number of hydrogen-bond donors (Lipinski definition) is 1. The average molecular weight is 199 g/mol. The molecule has 0 aromatic heterocycles. The lowest BCUT2D eigenvalue weighted by atomic mass is 10.2. The molecule has 3 nitrogen and oxygen atoms in total. The third-order valence-corrected chi connectivity index (χ3v) is 2.42. The van der Waals surface area contributed by atoms with Crippen molar-refractivity contribution in [1.29, 1.82) is 0 Å². The second-order valence-electron chi connectivity index (χ2n) is 2.63. The summed E-state index contributed by atoms with van der Waals surface area (Å²) in [6, 6.07) is 7.40. The highest BCUT2D eigenvalue weighted by atomic mass is 32.2. The van der Waals surface area contributed by atoms with Gasteiger partial charge in [-0.15, -0.1) is 0 Å². The summed E-state index contributed by atoms with van der Waals surface area (Å²) in [6.07, 6.45) is 0. The summed E-state index contributed by atoms with van der Waals surface area (Å²) in [4.78, 5) is 0.673. The van der Waals surface area contributed by atoms with Gasteiger partial charge in [-0.05, 0) is 19.1 Å². The van der Waals surface area contributed by atoms with E-state index in [1.54, 1.807) is 12.1 Å². The third-order valence-electron chi connectivity index (χ3n) is 1.49. The first-order valence-electron chi connectivity index (χ1n) is 4.12. The fourth-order valence-electron chi connectivity index (χ4n) is 0.810. The quantitative estimate of drug-likeness (QED) is 0.748. The molecule has 1 aromatic carbocycles. The predicted octanol–water partition coefficient (Wildman–Crippen LogP) is 1.56. The Labute approximate surface area is 80.7 Å². The summed E-state index contributed by atoms with van der Waals surface area (Å²) in [5.41, 5.74) is 3.70. The van der Waals surface area contributed by atoms with E-state index in [0.717, 1.165) is 5.56 Å². The van der Waals surface area contributed by atoms with Crippen molar-refractivity contribution in [2.24, 2.45) is 0 Å². The van der Waals surface area contributed by atoms with E-state index in [9.17, 15) is 4.21 Å². The number of hydroxylamine groups is 1. The molecule has 0 heterocycles. The highest BCUT2D eigenvalue weighted by Gasteiger charge is 2.02. The Balaban J connectivity index is 2.61. The zero-order chi connectivity index (χ0) is 9.68. The second-order valence-corrected chi connectivity index (χ2v) is 3.74. The highest BCUT2D eigenvalue weighted by molar-refractivity contribution is 7.80. The largest absolute Gasteiger partial charge is 0.223 e. The normalized spacial score (nSPS) is 12.8. The lowest BCUT2D eigenvalue weighted by molar-refractivity contribution is 0.229. The molecule has 1 unspecified atom stereocenters. The molecule has 1 N–H and O–H groups in total. The minimum atomic E-state index is -1.40. The van der Waals surface area contributed by atoms with Gasteiger partial charge in [0.25, 0.3) is 0 Å². The van der Waals surface area contributed by atoms with Gasteiger partial charge < -0.3 is 0 Å². The van der Waals surface area contributed by atoms with Crippen LogP contribution < -0.4 is 5.48 Å². The van der Waals surface area contributed by atoms with E-state index in [2.05, 4.69) is 5.48 Å². The van der Waals surface area contributed by atoms with Crippen LogP contribution in [0.2, 0.25) is 0 Å². The van der Waals surface area contributed by atoms with E-state index in [0.29, 0.717) is 11.4 Å². The van der Waals surface area contributed by atoms with Gasteiger partial charge in [0.15, 0.2) is 0 Å². The van der Waals surface area contributed by atoms with Gasteiger partial charge in [0, 0.05) is 6.54 Å². The minimum Gasteiger partial charge on any atom is -0.223 e. The number of benzene rings is 1. The average Bonchev–Trinajstić information content (AvgIpc) is 2.15. The van der Waals surface area contributed by atoms with Crippen LogP contribution in [0.25, 0.3) is 0 Å². The molecule has 1 aromatic rings. The number of hydrogen-bond acceptors (Lipinski definition) is 3. The Morgan fingerprint density at radius 1 is 1.38 bits per heavy atom. The van der Waals surface area contributed by atoms with Crippen molar-refractivity contribution < 1.29 is 8.49 Å². The Hall–Kier alpha value is -0.710. The molecule has 0 saturated heterocycles. The van der Waals surface area contributed by atoms with Gasteiger partial charge in [-0.1, -0.05) is 24.6 Å². The van der Waals surface area contributed by atoms with Gasteiger partial charge in [-0.3, -0.25) is 0 Å². The molecule has 0 amide bonds. The number of rotatable bonds is 4. The topological polar surface area (TPSA) is 38.3 Å². The molecule has 4 heteroatoms. The highest BCUT2D eigenvalue weighted by Crippen LogP contribution is 2.07. The van der Waals surface area contributed by atoms with E-state index < -0.39 is 11.1 Å². The maximum atomic E-state index is 11.3. The number of nitrogens with one attached hydrogen (secondary N) is 1. The predicted molar refractivity (Wildman–Crippen MR) is 52.3 cm³/mol. The first-order chi connectivity index (χ1) is 6.24. The molecule has 0 bridgehead atoms. The van der Waals surface area contributed by atoms with Crippen LogP contribution in [0.15, 0.2) is 29.2 Å². The Morgan fingerprint density at radius 3 is 2.54 bits per heavy atom. The van der Waals surface area contributed by atoms with Gasteiger partial charge in [-0.25, -0.2) is 4.21 Å². The molecule has 0 aliphatic rings. The summed E-state index contributed by atoms with van der Waals surface area (Å²) in [5.74, 6) is 0. The first kappa shape index (κ1) is 10.4. The smallest absolute Gasteiger partial charge is 0.206 e. The number of aryl methyl sites for hydroxylation is 1. The van der Waals surface area contributed by atoms with Gasteiger partial charge in [0.2, 0.25) is 11.1 Å². The molecule has 72 valence electrons. The summed E-state index contributed by atoms with van der Waals surface area (Å²) in [7, 11) is 0. The van der Waals surface area contributed by atoms with Crippen molar-refractivity contribution in [3.05, 3.63) is 29.8 Å². The van der Waals surface area contributed by atoms with Gasteiger partial charge in [-0.2, -0.15) is 9.76 Å². The van der Waals surface area contributed by atoms with Crippen molar-refractivity contribution in [3.8, 4) is 0 Å². The van der Waals surface area contributed by atoms with E-state index in [4.69, 9.17) is 4.28 Å². The van der Waals surface area contributed by atoms with E-state index in [1.807, 2.05) is 26.0 Å². The van der Waals surface area contributed by atoms with Crippen molar-refractivity contribution in [3.63, 3.8) is 0 Å². The van der Waals surface area contributed by atoms with Crippen molar-refractivity contribution in [2.75, 3.05) is 6.54 Å². The van der Waals surface area contributed by atoms with Gasteiger partial charge in [0.05, 0.1) is 4.90 Å². The van der Waals surface area contributed by atoms with E-state index >= 15 is 0 Å². The summed E-state index contributed by atoms with van der Waals surface area (Å²) < 4.78 is 16.2. The van der Waals surface area contributed by atoms with Crippen LogP contribution in [0.3, 0.4) is 0 Å². The Bertz CT molecular complexity index is 284. The lowest BCUT2D eigenvalue weighted by Gasteiger charge is -2.02. The van der Waals surface area contributed by atoms with Crippen molar-refractivity contribution in [2.45, 2.75) is 18.7 Å². The Morgan fingerprint density at radius 2 is 2.00 bits per heavy atom. The maximum Gasteiger partial charge on any atom is 0.206 e. The molecule has 13 heavy (non-hydrogen) atoms. The minimum absolute atomic E-state index is 0.637. The lowest BCUT2D eigenvalue weighted by Crippen LogP contribution is -2.15. The van der Waals surface area contributed by atoms with Crippen LogP contribution in [0.4, 0.5) is 0 Å². The molecule has 0 saturated carbocycles. The molecular formula is C9H13NO2S. The van der Waals surface area contributed by atoms with Crippen molar-refractivity contribution >= 4 is 11.1 Å². The van der Waals surface area contributed by atoms with Crippen LogP contribution >= 0.6 is 0 Å². The fourth-order valence-corrected chi connectivity index (χ4v) is 1.49. The third kappa shape index (κ3) is 3.26. The zero-order valence-corrected chi connectivity index (χ0v) is 8.56. The van der Waals surface area contributed by atoms with Crippen LogP contribution in [0, 0.1) is 6.92 Å². The Kier molecular flexibility index (Phi) is 4.08. The molecule has 0 spiro atoms. The van der Waals surface area contributed by atoms with E-state index in [1.165, 1.54) is 0 Å². The van der Waals surface area contributed by atoms with Crippen LogP contribution in [0.1, 0.15) is 12.5 Å². The molecule has 0 aliphatic carbocycles. The SMILES string of the molecule is CCNOS(=O)c1ccc(C)cc1. The van der Waals surface area contributed by atoms with Crippen LogP contribution in [-0.2, 0) is 15.4 Å². The monoisotopic (exact) mass is 199 g/mol. The molecule has 1 atom stereocenters. The fraction of sp³-hybridized carbons (Fsp3) is 0.333. The van der Waals surface area contributed by atoms with Crippen LogP contribution in [-0.4, -0.2) is 10.8 Å². The molecular weight excluding hydrogens is 186 g/mol. The van der Waals surface area contributed by atoms with Gasteiger partial charge in [0.1, 0.15) is 0 Å². The van der Waals surface area contributed by atoms with Crippen molar-refractivity contribution in [1.82, 2.24) is 5.48 Å². The molecule has 0 aliphatic heterocycles. The molecule has 0 radical (unpaired) electrons. The first-order valence-corrected chi connectivity index (χ1v) is 5.20. The summed E-state index contributed by atoms with van der Waals surface area (Å²) in [6.45, 7) is 4.50. The standard InChI is InChI=1S/C9H13NO2S/c1-3-10-12-13(11)9-6-4-8(2)5-7-9/h4-7,10H,3H2,1-2H3. The molecule has 0 fully saturated rings. The van der Waals surface area contributed by atoms with Gasteiger partial charge >= 0.3 is 0 Å². The second kappa shape index (κ2) is 5.11. The molecule has 1 rings (SSSR count). The summed E-state index contributed by atoms with van der Waals surface area (Å²) in [5, 5.41) is 0. The summed E-state index contributed by atoms with van der Waals surface area (Å²) >= 11 is -1.40. The maximum absolute atomic E-state index is 11.3. The zero-order valence-electron chi connectivity index (χ0n) is 7.74. The van der Waals surface area contributed by atoms with E-state index in [-0.39, 0.29) is 0 Å².